The van der Waals surface area contributed by atoms with Gasteiger partial charge in [0.25, 0.3) is 0 Å². The van der Waals surface area contributed by atoms with Crippen molar-refractivity contribution < 1.29 is 24.2 Å². The molecule has 2 heterocycles. The second kappa shape index (κ2) is 9.91. The first kappa shape index (κ1) is 23.2. The van der Waals surface area contributed by atoms with Gasteiger partial charge in [0, 0.05) is 11.8 Å². The predicted molar refractivity (Wildman–Crippen MR) is 124 cm³/mol. The van der Waals surface area contributed by atoms with Crippen molar-refractivity contribution in [1.82, 2.24) is 9.88 Å². The van der Waals surface area contributed by atoms with E-state index in [4.69, 9.17) is 9.47 Å². The van der Waals surface area contributed by atoms with Crippen molar-refractivity contribution in [3.8, 4) is 16.9 Å². The molecule has 1 aliphatic carbocycles. The standard InChI is InChI=1S/C26H32N2O5/c1-3-32-23(29)17-28-14-11-26(12-15-28)10-9-19(16-26)33-22-8-4-6-20(18(22)2)21-7-5-13-27-24(21)25(30)31/h4-8,13,19H,3,9-12,14-17H2,1-2H3,(H,30,31). The zero-order valence-corrected chi connectivity index (χ0v) is 19.4. The lowest BCUT2D eigenvalue weighted by molar-refractivity contribution is -0.145. The van der Waals surface area contributed by atoms with Crippen LogP contribution in [0.4, 0.5) is 0 Å². The molecule has 0 bridgehead atoms. The van der Waals surface area contributed by atoms with E-state index >= 15 is 0 Å². The van der Waals surface area contributed by atoms with Crippen LogP contribution in [0, 0.1) is 12.3 Å². The number of benzene rings is 1. The first-order valence-electron chi connectivity index (χ1n) is 11.7. The van der Waals surface area contributed by atoms with Gasteiger partial charge in [-0.15, -0.1) is 0 Å². The van der Waals surface area contributed by atoms with Gasteiger partial charge in [-0.3, -0.25) is 9.69 Å². The van der Waals surface area contributed by atoms with Crippen molar-refractivity contribution in [3.63, 3.8) is 0 Å². The molecule has 1 saturated heterocycles. The van der Waals surface area contributed by atoms with Gasteiger partial charge in [-0.25, -0.2) is 9.78 Å². The molecule has 2 aliphatic rings. The highest BCUT2D eigenvalue weighted by Crippen LogP contribution is 2.47. The van der Waals surface area contributed by atoms with E-state index in [1.807, 2.05) is 32.0 Å². The van der Waals surface area contributed by atoms with E-state index < -0.39 is 5.97 Å². The van der Waals surface area contributed by atoms with E-state index in [0.717, 1.165) is 62.1 Å². The largest absolute Gasteiger partial charge is 0.490 e. The molecule has 1 N–H and O–H groups in total. The summed E-state index contributed by atoms with van der Waals surface area (Å²) in [5.74, 6) is -0.381. The zero-order chi connectivity index (χ0) is 23.4. The Morgan fingerprint density at radius 2 is 1.91 bits per heavy atom. The summed E-state index contributed by atoms with van der Waals surface area (Å²) in [6, 6.07) is 9.33. The third-order valence-electron chi connectivity index (χ3n) is 7.11. The van der Waals surface area contributed by atoms with Crippen LogP contribution in [0.25, 0.3) is 11.1 Å². The maximum absolute atomic E-state index is 11.8. The Hall–Kier alpha value is -2.93. The number of carbonyl (C=O) groups excluding carboxylic acids is 1. The molecule has 0 radical (unpaired) electrons. The molecule has 7 heteroatoms. The van der Waals surface area contributed by atoms with E-state index in [9.17, 15) is 14.7 Å². The Morgan fingerprint density at radius 1 is 1.15 bits per heavy atom. The van der Waals surface area contributed by atoms with Crippen LogP contribution in [0.3, 0.4) is 0 Å². The third-order valence-corrected chi connectivity index (χ3v) is 7.11. The van der Waals surface area contributed by atoms with Crippen molar-refractivity contribution in [3.05, 3.63) is 47.8 Å². The number of carboxylic acid groups (broad SMARTS) is 1. The summed E-state index contributed by atoms with van der Waals surface area (Å²) in [5, 5.41) is 9.53. The summed E-state index contributed by atoms with van der Waals surface area (Å²) in [4.78, 5) is 29.7. The molecule has 1 atom stereocenters. The molecular weight excluding hydrogens is 420 g/mol. The van der Waals surface area contributed by atoms with Gasteiger partial charge in [0.1, 0.15) is 5.75 Å². The van der Waals surface area contributed by atoms with Gasteiger partial charge in [0.2, 0.25) is 0 Å². The minimum absolute atomic E-state index is 0.0483. The molecule has 1 aliphatic heterocycles. The molecule has 2 fully saturated rings. The number of piperidine rings is 1. The fourth-order valence-electron chi connectivity index (χ4n) is 5.29. The van der Waals surface area contributed by atoms with Crippen LogP contribution in [0.2, 0.25) is 0 Å². The topological polar surface area (TPSA) is 89.0 Å². The summed E-state index contributed by atoms with van der Waals surface area (Å²) >= 11 is 0. The lowest BCUT2D eigenvalue weighted by Crippen LogP contribution is -2.42. The van der Waals surface area contributed by atoms with Gasteiger partial charge in [-0.05, 0) is 87.7 Å². The first-order valence-corrected chi connectivity index (χ1v) is 11.7. The number of carboxylic acids is 1. The summed E-state index contributed by atoms with van der Waals surface area (Å²) in [6.07, 6.45) is 6.94. The van der Waals surface area contributed by atoms with Crippen LogP contribution in [0.5, 0.6) is 5.75 Å². The first-order chi connectivity index (χ1) is 15.9. The predicted octanol–water partition coefficient (Wildman–Crippen LogP) is 4.33. The molecule has 7 nitrogen and oxygen atoms in total. The van der Waals surface area contributed by atoms with Crippen molar-refractivity contribution in [2.24, 2.45) is 5.41 Å². The number of aromatic carboxylic acids is 1. The maximum atomic E-state index is 11.8. The van der Waals surface area contributed by atoms with Crippen LogP contribution >= 0.6 is 0 Å². The highest BCUT2D eigenvalue weighted by molar-refractivity contribution is 5.94. The van der Waals surface area contributed by atoms with Crippen LogP contribution in [0.15, 0.2) is 36.5 Å². The number of aromatic nitrogens is 1. The highest BCUT2D eigenvalue weighted by Gasteiger charge is 2.42. The molecule has 176 valence electrons. The third kappa shape index (κ3) is 5.19. The number of esters is 1. The molecule has 2 aromatic rings. The average molecular weight is 453 g/mol. The number of nitrogens with zero attached hydrogens (tertiary/aromatic N) is 2. The van der Waals surface area contributed by atoms with Crippen molar-refractivity contribution in [1.29, 1.82) is 0 Å². The van der Waals surface area contributed by atoms with E-state index in [-0.39, 0.29) is 23.2 Å². The van der Waals surface area contributed by atoms with Gasteiger partial charge in [0.05, 0.1) is 19.3 Å². The van der Waals surface area contributed by atoms with Gasteiger partial charge in [0.15, 0.2) is 5.69 Å². The second-order valence-electron chi connectivity index (χ2n) is 9.20. The van der Waals surface area contributed by atoms with Gasteiger partial charge in [-0.2, -0.15) is 0 Å². The summed E-state index contributed by atoms with van der Waals surface area (Å²) in [6.45, 7) is 6.44. The van der Waals surface area contributed by atoms with E-state index in [1.165, 1.54) is 6.20 Å². The average Bonchev–Trinajstić information content (AvgIpc) is 3.19. The van der Waals surface area contributed by atoms with Crippen molar-refractivity contribution in [2.45, 2.75) is 52.1 Å². The second-order valence-corrected chi connectivity index (χ2v) is 9.20. The van der Waals surface area contributed by atoms with Crippen molar-refractivity contribution >= 4 is 11.9 Å². The van der Waals surface area contributed by atoms with Gasteiger partial charge in [-0.1, -0.05) is 18.2 Å². The van der Waals surface area contributed by atoms with Gasteiger partial charge < -0.3 is 14.6 Å². The Bertz CT molecular complexity index is 1010. The summed E-state index contributed by atoms with van der Waals surface area (Å²) in [7, 11) is 0. The molecule has 0 amide bonds. The number of hydrogen-bond donors (Lipinski definition) is 1. The fraction of sp³-hybridized carbons (Fsp3) is 0.500. The highest BCUT2D eigenvalue weighted by atomic mass is 16.5. The minimum atomic E-state index is -1.04. The lowest BCUT2D eigenvalue weighted by Gasteiger charge is -2.39. The maximum Gasteiger partial charge on any atom is 0.355 e. The molecule has 1 spiro atoms. The summed E-state index contributed by atoms with van der Waals surface area (Å²) in [5.41, 5.74) is 2.69. The quantitative estimate of drug-likeness (QED) is 0.626. The smallest absolute Gasteiger partial charge is 0.355 e. The van der Waals surface area contributed by atoms with Crippen LogP contribution < -0.4 is 4.74 Å². The van der Waals surface area contributed by atoms with Gasteiger partial charge >= 0.3 is 11.9 Å². The van der Waals surface area contributed by atoms with E-state index in [1.54, 1.807) is 12.1 Å². The Kier molecular flexibility index (Phi) is 6.98. The lowest BCUT2D eigenvalue weighted by atomic mass is 9.77. The molecule has 33 heavy (non-hydrogen) atoms. The fourth-order valence-corrected chi connectivity index (χ4v) is 5.29. The van der Waals surface area contributed by atoms with Crippen LogP contribution in [-0.2, 0) is 9.53 Å². The number of likely N-dealkylation sites (tertiary alicyclic amines) is 1. The number of pyridine rings is 1. The number of hydrogen-bond acceptors (Lipinski definition) is 6. The molecule has 1 unspecified atom stereocenters. The zero-order valence-electron chi connectivity index (χ0n) is 19.4. The minimum Gasteiger partial charge on any atom is -0.490 e. The molecule has 1 aromatic heterocycles. The normalized spacial score (nSPS) is 20.0. The van der Waals surface area contributed by atoms with Crippen molar-refractivity contribution in [2.75, 3.05) is 26.2 Å². The Morgan fingerprint density at radius 3 is 2.64 bits per heavy atom. The summed E-state index contributed by atoms with van der Waals surface area (Å²) < 4.78 is 11.5. The molecule has 1 aromatic carbocycles. The monoisotopic (exact) mass is 452 g/mol. The number of ether oxygens (including phenoxy) is 2. The van der Waals surface area contributed by atoms with Crippen LogP contribution in [-0.4, -0.2) is 59.3 Å². The number of carbonyl (C=O) groups is 2. The van der Waals surface area contributed by atoms with Crippen LogP contribution in [0.1, 0.15) is 55.1 Å². The Labute approximate surface area is 194 Å². The SMILES string of the molecule is CCOC(=O)CN1CCC2(CCC(Oc3cccc(-c4cccnc4C(=O)O)c3C)C2)CC1. The van der Waals surface area contributed by atoms with E-state index in [0.29, 0.717) is 18.7 Å². The Balaban J connectivity index is 1.41. The number of rotatable bonds is 7. The molecular formula is C26H32N2O5. The molecule has 1 saturated carbocycles. The van der Waals surface area contributed by atoms with E-state index in [2.05, 4.69) is 9.88 Å². The molecule has 4 rings (SSSR count).